The lowest BCUT2D eigenvalue weighted by Crippen LogP contribution is -2.49. The molecule has 1 heterocycles. The van der Waals surface area contributed by atoms with Crippen molar-refractivity contribution in [3.05, 3.63) is 29.3 Å². The molecule has 1 aliphatic heterocycles. The van der Waals surface area contributed by atoms with E-state index in [4.69, 9.17) is 11.6 Å². The van der Waals surface area contributed by atoms with E-state index < -0.39 is 0 Å². The largest absolute Gasteiger partial charge is 0.369 e. The summed E-state index contributed by atoms with van der Waals surface area (Å²) in [5.74, 6) is 0.599. The summed E-state index contributed by atoms with van der Waals surface area (Å²) in [7, 11) is 0. The molecule has 1 saturated heterocycles. The van der Waals surface area contributed by atoms with Gasteiger partial charge in [0.25, 0.3) is 0 Å². The van der Waals surface area contributed by atoms with Crippen LogP contribution >= 0.6 is 11.6 Å². The van der Waals surface area contributed by atoms with Gasteiger partial charge in [0, 0.05) is 43.8 Å². The van der Waals surface area contributed by atoms with Crippen molar-refractivity contribution in [3.8, 4) is 0 Å². The lowest BCUT2D eigenvalue weighted by Gasteiger charge is -2.38. The molecular weight excluding hydrogens is 244 g/mol. The van der Waals surface area contributed by atoms with Crippen LogP contribution in [-0.4, -0.2) is 37.1 Å². The number of piperazine rings is 1. The fourth-order valence-corrected chi connectivity index (χ4v) is 2.82. The van der Waals surface area contributed by atoms with Crippen molar-refractivity contribution in [2.75, 3.05) is 31.1 Å². The van der Waals surface area contributed by atoms with E-state index in [-0.39, 0.29) is 0 Å². The standard InChI is InChI=1S/C15H23ClN2/c1-12(2)17-6-8-18(9-7-17)15-5-4-13(3)10-14(15)11-16/h4-5,10,12H,6-9,11H2,1-3H3. The van der Waals surface area contributed by atoms with Gasteiger partial charge in [0.05, 0.1) is 0 Å². The van der Waals surface area contributed by atoms with E-state index in [1.165, 1.54) is 16.8 Å². The fourth-order valence-electron chi connectivity index (χ4n) is 2.61. The number of rotatable bonds is 3. The third-order valence-electron chi connectivity index (χ3n) is 3.76. The highest BCUT2D eigenvalue weighted by molar-refractivity contribution is 6.17. The van der Waals surface area contributed by atoms with Crippen LogP contribution in [0.4, 0.5) is 5.69 Å². The maximum Gasteiger partial charge on any atom is 0.0494 e. The second kappa shape index (κ2) is 5.94. The van der Waals surface area contributed by atoms with Crippen molar-refractivity contribution >= 4 is 17.3 Å². The Morgan fingerprint density at radius 2 is 1.83 bits per heavy atom. The number of benzene rings is 1. The molecule has 1 fully saturated rings. The molecule has 100 valence electrons. The first-order chi connectivity index (χ1) is 8.61. The summed E-state index contributed by atoms with van der Waals surface area (Å²) in [4.78, 5) is 5.00. The predicted molar refractivity (Wildman–Crippen MR) is 79.7 cm³/mol. The van der Waals surface area contributed by atoms with E-state index in [1.807, 2.05) is 0 Å². The zero-order chi connectivity index (χ0) is 13.1. The first-order valence-electron chi connectivity index (χ1n) is 6.76. The van der Waals surface area contributed by atoms with Gasteiger partial charge in [0.1, 0.15) is 0 Å². The normalized spacial score (nSPS) is 17.5. The third kappa shape index (κ3) is 2.99. The Bertz CT molecular complexity index is 395. The molecule has 18 heavy (non-hydrogen) atoms. The second-order valence-corrected chi connectivity index (χ2v) is 5.65. The summed E-state index contributed by atoms with van der Waals surface area (Å²) in [6, 6.07) is 7.26. The Balaban J connectivity index is 2.09. The maximum absolute atomic E-state index is 6.07. The van der Waals surface area contributed by atoms with Gasteiger partial charge in [0.2, 0.25) is 0 Å². The minimum atomic E-state index is 0.599. The van der Waals surface area contributed by atoms with Crippen molar-refractivity contribution in [2.45, 2.75) is 32.7 Å². The first kappa shape index (κ1) is 13.7. The average molecular weight is 267 g/mol. The van der Waals surface area contributed by atoms with Crippen molar-refractivity contribution in [1.82, 2.24) is 4.90 Å². The molecule has 0 N–H and O–H groups in total. The molecular formula is C15H23ClN2. The molecule has 2 rings (SSSR count). The van der Waals surface area contributed by atoms with E-state index in [0.717, 1.165) is 26.2 Å². The lowest BCUT2D eigenvalue weighted by atomic mass is 10.1. The fraction of sp³-hybridized carbons (Fsp3) is 0.600. The van der Waals surface area contributed by atoms with Gasteiger partial charge in [-0.2, -0.15) is 0 Å². The zero-order valence-electron chi connectivity index (χ0n) is 11.6. The van der Waals surface area contributed by atoms with Crippen LogP contribution < -0.4 is 4.90 Å². The topological polar surface area (TPSA) is 6.48 Å². The molecule has 0 atom stereocenters. The van der Waals surface area contributed by atoms with Crippen molar-refractivity contribution in [1.29, 1.82) is 0 Å². The lowest BCUT2D eigenvalue weighted by molar-refractivity contribution is 0.209. The van der Waals surface area contributed by atoms with Crippen molar-refractivity contribution < 1.29 is 0 Å². The van der Waals surface area contributed by atoms with E-state index in [1.54, 1.807) is 0 Å². The monoisotopic (exact) mass is 266 g/mol. The molecule has 0 amide bonds. The van der Waals surface area contributed by atoms with Gasteiger partial charge in [-0.1, -0.05) is 17.7 Å². The van der Waals surface area contributed by atoms with E-state index in [2.05, 4.69) is 48.8 Å². The predicted octanol–water partition coefficient (Wildman–Crippen LogP) is 3.26. The Hall–Kier alpha value is -0.730. The van der Waals surface area contributed by atoms with Crippen molar-refractivity contribution in [3.63, 3.8) is 0 Å². The van der Waals surface area contributed by atoms with Gasteiger partial charge < -0.3 is 4.90 Å². The van der Waals surface area contributed by atoms with Crippen molar-refractivity contribution in [2.24, 2.45) is 0 Å². The molecule has 2 nitrogen and oxygen atoms in total. The molecule has 0 saturated carbocycles. The molecule has 0 aliphatic carbocycles. The molecule has 0 aromatic heterocycles. The Morgan fingerprint density at radius 1 is 1.17 bits per heavy atom. The van der Waals surface area contributed by atoms with Gasteiger partial charge >= 0.3 is 0 Å². The number of aryl methyl sites for hydroxylation is 1. The van der Waals surface area contributed by atoms with Crippen LogP contribution in [0.15, 0.2) is 18.2 Å². The van der Waals surface area contributed by atoms with E-state index in [0.29, 0.717) is 11.9 Å². The summed E-state index contributed by atoms with van der Waals surface area (Å²) in [5.41, 5.74) is 3.86. The summed E-state index contributed by atoms with van der Waals surface area (Å²) in [5, 5.41) is 0. The summed E-state index contributed by atoms with van der Waals surface area (Å²) < 4.78 is 0. The molecule has 1 aliphatic rings. The number of anilines is 1. The molecule has 0 radical (unpaired) electrons. The van der Waals surface area contributed by atoms with Crippen LogP contribution in [0, 0.1) is 6.92 Å². The third-order valence-corrected chi connectivity index (χ3v) is 4.05. The van der Waals surface area contributed by atoms with Crippen LogP contribution in [0.1, 0.15) is 25.0 Å². The van der Waals surface area contributed by atoms with Crippen LogP contribution in [0.25, 0.3) is 0 Å². The summed E-state index contributed by atoms with van der Waals surface area (Å²) in [6.45, 7) is 11.2. The van der Waals surface area contributed by atoms with Crippen LogP contribution in [0.3, 0.4) is 0 Å². The Morgan fingerprint density at radius 3 is 2.39 bits per heavy atom. The molecule has 1 aromatic carbocycles. The summed E-state index contributed by atoms with van der Waals surface area (Å²) >= 11 is 6.07. The molecule has 0 unspecified atom stereocenters. The minimum Gasteiger partial charge on any atom is -0.369 e. The zero-order valence-corrected chi connectivity index (χ0v) is 12.4. The van der Waals surface area contributed by atoms with Crippen LogP contribution in [0.5, 0.6) is 0 Å². The first-order valence-corrected chi connectivity index (χ1v) is 7.29. The van der Waals surface area contributed by atoms with Crippen LogP contribution in [0.2, 0.25) is 0 Å². The number of alkyl halides is 1. The van der Waals surface area contributed by atoms with Gasteiger partial charge in [-0.15, -0.1) is 11.6 Å². The van der Waals surface area contributed by atoms with E-state index in [9.17, 15) is 0 Å². The number of hydrogen-bond donors (Lipinski definition) is 0. The minimum absolute atomic E-state index is 0.599. The Kier molecular flexibility index (Phi) is 4.52. The second-order valence-electron chi connectivity index (χ2n) is 5.38. The molecule has 3 heteroatoms. The quantitative estimate of drug-likeness (QED) is 0.775. The Labute approximate surface area is 116 Å². The SMILES string of the molecule is Cc1ccc(N2CCN(C(C)C)CC2)c(CCl)c1. The number of halogens is 1. The maximum atomic E-state index is 6.07. The molecule has 1 aromatic rings. The highest BCUT2D eigenvalue weighted by atomic mass is 35.5. The van der Waals surface area contributed by atoms with Gasteiger partial charge in [0.15, 0.2) is 0 Å². The number of nitrogens with zero attached hydrogens (tertiary/aromatic N) is 2. The number of hydrogen-bond acceptors (Lipinski definition) is 2. The average Bonchev–Trinajstić information content (AvgIpc) is 2.38. The van der Waals surface area contributed by atoms with E-state index >= 15 is 0 Å². The van der Waals surface area contributed by atoms with Crippen LogP contribution in [-0.2, 0) is 5.88 Å². The molecule has 0 bridgehead atoms. The highest BCUT2D eigenvalue weighted by Gasteiger charge is 2.20. The van der Waals surface area contributed by atoms with Gasteiger partial charge in [-0.3, -0.25) is 4.90 Å². The summed E-state index contributed by atoms with van der Waals surface area (Å²) in [6.07, 6.45) is 0. The molecule has 0 spiro atoms. The van der Waals surface area contributed by atoms with Gasteiger partial charge in [-0.25, -0.2) is 0 Å². The highest BCUT2D eigenvalue weighted by Crippen LogP contribution is 2.25. The van der Waals surface area contributed by atoms with Gasteiger partial charge in [-0.05, 0) is 32.4 Å². The smallest absolute Gasteiger partial charge is 0.0494 e.